The Hall–Kier alpha value is -2.95. The largest absolute Gasteiger partial charge is 0.478 e. The van der Waals surface area contributed by atoms with Crippen LogP contribution in [-0.4, -0.2) is 23.2 Å². The molecule has 2 N–H and O–H groups in total. The van der Waals surface area contributed by atoms with Crippen molar-refractivity contribution in [2.75, 3.05) is 0 Å². The van der Waals surface area contributed by atoms with E-state index in [1.54, 1.807) is 18.2 Å². The number of benzene rings is 2. The Morgan fingerprint density at radius 2 is 1.73 bits per heavy atom. The summed E-state index contributed by atoms with van der Waals surface area (Å²) in [6.07, 6.45) is 2.29. The summed E-state index contributed by atoms with van der Waals surface area (Å²) in [5.41, 5.74) is 4.07. The van der Waals surface area contributed by atoms with Crippen molar-refractivity contribution < 1.29 is 14.7 Å². The Kier molecular flexibility index (Phi) is 5.43. The lowest BCUT2D eigenvalue weighted by Crippen LogP contribution is -2.18. The van der Waals surface area contributed by atoms with Gasteiger partial charge in [-0.1, -0.05) is 48.5 Å². The molecule has 0 atom stereocenters. The molecule has 112 valence electrons. The van der Waals surface area contributed by atoms with Crippen LogP contribution >= 0.6 is 0 Å². The minimum atomic E-state index is -1.03. The van der Waals surface area contributed by atoms with Crippen molar-refractivity contribution in [3.63, 3.8) is 0 Å². The number of hydrogen-bond acceptors (Lipinski definition) is 3. The Bertz CT molecular complexity index is 681. The van der Waals surface area contributed by atoms with Crippen molar-refractivity contribution in [1.29, 1.82) is 0 Å². The maximum absolute atomic E-state index is 11.7. The number of carbonyl (C=O) groups excluding carboxylic acids is 1. The van der Waals surface area contributed by atoms with E-state index in [0.29, 0.717) is 18.4 Å². The van der Waals surface area contributed by atoms with Gasteiger partial charge >= 0.3 is 5.97 Å². The third-order valence-corrected chi connectivity index (χ3v) is 3.07. The summed E-state index contributed by atoms with van der Waals surface area (Å²) >= 11 is 0. The molecule has 0 radical (unpaired) electrons. The third-order valence-electron chi connectivity index (χ3n) is 3.07. The highest BCUT2D eigenvalue weighted by molar-refractivity contribution is 5.98. The van der Waals surface area contributed by atoms with Crippen molar-refractivity contribution in [3.05, 3.63) is 71.3 Å². The molecule has 0 saturated carbocycles. The number of aromatic carboxylic acids is 1. The molecule has 0 fully saturated rings. The summed E-state index contributed by atoms with van der Waals surface area (Å²) in [4.78, 5) is 22.7. The fourth-order valence-electron chi connectivity index (χ4n) is 1.94. The van der Waals surface area contributed by atoms with Gasteiger partial charge in [-0.3, -0.25) is 4.79 Å². The SMILES string of the molecule is O=C(CCc1ccccc1)N/N=C\c1ccccc1C(=O)O. The molecule has 2 aromatic rings. The normalized spacial score (nSPS) is 10.5. The molecule has 0 heterocycles. The van der Waals surface area contributed by atoms with Crippen molar-refractivity contribution in [3.8, 4) is 0 Å². The Morgan fingerprint density at radius 3 is 2.45 bits per heavy atom. The minimum absolute atomic E-state index is 0.143. The quantitative estimate of drug-likeness (QED) is 0.635. The van der Waals surface area contributed by atoms with Crippen molar-refractivity contribution in [1.82, 2.24) is 5.43 Å². The van der Waals surface area contributed by atoms with Crippen molar-refractivity contribution in [2.24, 2.45) is 5.10 Å². The third kappa shape index (κ3) is 4.56. The molecule has 0 aromatic heterocycles. The molecule has 0 aliphatic rings. The molecule has 2 aromatic carbocycles. The van der Waals surface area contributed by atoms with Crippen LogP contribution in [0, 0.1) is 0 Å². The van der Waals surface area contributed by atoms with Crippen LogP contribution < -0.4 is 5.43 Å². The van der Waals surface area contributed by atoms with E-state index in [1.807, 2.05) is 30.3 Å². The van der Waals surface area contributed by atoms with Crippen LogP contribution in [0.25, 0.3) is 0 Å². The predicted molar refractivity (Wildman–Crippen MR) is 83.9 cm³/mol. The smallest absolute Gasteiger partial charge is 0.336 e. The summed E-state index contributed by atoms with van der Waals surface area (Å²) in [6.45, 7) is 0. The van der Waals surface area contributed by atoms with E-state index in [1.165, 1.54) is 12.3 Å². The summed E-state index contributed by atoms with van der Waals surface area (Å²) < 4.78 is 0. The number of hydrogen-bond donors (Lipinski definition) is 2. The first kappa shape index (κ1) is 15.4. The lowest BCUT2D eigenvalue weighted by atomic mass is 10.1. The van der Waals surface area contributed by atoms with E-state index in [-0.39, 0.29) is 11.5 Å². The van der Waals surface area contributed by atoms with Gasteiger partial charge in [0.1, 0.15) is 0 Å². The van der Waals surface area contributed by atoms with Crippen molar-refractivity contribution in [2.45, 2.75) is 12.8 Å². The second-order valence-corrected chi connectivity index (χ2v) is 4.67. The van der Waals surface area contributed by atoms with Crippen LogP contribution in [0.15, 0.2) is 59.7 Å². The molecule has 5 nitrogen and oxygen atoms in total. The molecule has 0 aliphatic heterocycles. The molecule has 2 rings (SSSR count). The van der Waals surface area contributed by atoms with Gasteiger partial charge in [-0.25, -0.2) is 10.2 Å². The zero-order chi connectivity index (χ0) is 15.8. The first-order chi connectivity index (χ1) is 10.7. The number of carboxylic acid groups (broad SMARTS) is 1. The van der Waals surface area contributed by atoms with Gasteiger partial charge in [-0.15, -0.1) is 0 Å². The molecule has 0 saturated heterocycles. The zero-order valence-corrected chi connectivity index (χ0v) is 11.9. The first-order valence-corrected chi connectivity index (χ1v) is 6.85. The van der Waals surface area contributed by atoms with E-state index >= 15 is 0 Å². The van der Waals surface area contributed by atoms with Gasteiger partial charge in [-0.2, -0.15) is 5.10 Å². The van der Waals surface area contributed by atoms with Gasteiger partial charge in [-0.05, 0) is 18.1 Å². The van der Waals surface area contributed by atoms with E-state index in [2.05, 4.69) is 10.5 Å². The van der Waals surface area contributed by atoms with Gasteiger partial charge in [0.15, 0.2) is 0 Å². The van der Waals surface area contributed by atoms with E-state index in [4.69, 9.17) is 5.11 Å². The molecule has 22 heavy (non-hydrogen) atoms. The highest BCUT2D eigenvalue weighted by Gasteiger charge is 2.06. The van der Waals surface area contributed by atoms with Crippen LogP contribution in [0.2, 0.25) is 0 Å². The fraction of sp³-hybridized carbons (Fsp3) is 0.118. The highest BCUT2D eigenvalue weighted by Crippen LogP contribution is 2.06. The van der Waals surface area contributed by atoms with Gasteiger partial charge in [0.2, 0.25) is 5.91 Å². The van der Waals surface area contributed by atoms with E-state index in [9.17, 15) is 9.59 Å². The van der Waals surface area contributed by atoms with Crippen LogP contribution in [0.1, 0.15) is 27.9 Å². The standard InChI is InChI=1S/C17H16N2O3/c20-16(11-10-13-6-2-1-3-7-13)19-18-12-14-8-4-5-9-15(14)17(21)22/h1-9,12H,10-11H2,(H,19,20)(H,21,22)/b18-12-. The Labute approximate surface area is 128 Å². The number of amides is 1. The molecule has 1 amide bonds. The van der Waals surface area contributed by atoms with Crippen LogP contribution in [0.3, 0.4) is 0 Å². The second kappa shape index (κ2) is 7.73. The number of hydrazone groups is 1. The number of carbonyl (C=O) groups is 2. The summed E-state index contributed by atoms with van der Waals surface area (Å²) in [7, 11) is 0. The van der Waals surface area contributed by atoms with Crippen molar-refractivity contribution >= 4 is 18.1 Å². The lowest BCUT2D eigenvalue weighted by Gasteiger charge is -2.02. The minimum Gasteiger partial charge on any atom is -0.478 e. The second-order valence-electron chi connectivity index (χ2n) is 4.67. The topological polar surface area (TPSA) is 78.8 Å². The van der Waals surface area contributed by atoms with Crippen LogP contribution in [0.5, 0.6) is 0 Å². The maximum atomic E-state index is 11.7. The van der Waals surface area contributed by atoms with E-state index in [0.717, 1.165) is 5.56 Å². The maximum Gasteiger partial charge on any atom is 0.336 e. The molecule has 0 spiro atoms. The number of rotatable bonds is 6. The number of nitrogens with one attached hydrogen (secondary N) is 1. The summed E-state index contributed by atoms with van der Waals surface area (Å²) in [5, 5.41) is 12.8. The summed E-state index contributed by atoms with van der Waals surface area (Å²) in [6, 6.07) is 16.2. The summed E-state index contributed by atoms with van der Waals surface area (Å²) in [5.74, 6) is -1.25. The highest BCUT2D eigenvalue weighted by atomic mass is 16.4. The van der Waals surface area contributed by atoms with Gasteiger partial charge in [0.05, 0.1) is 11.8 Å². The van der Waals surface area contributed by atoms with E-state index < -0.39 is 5.97 Å². The zero-order valence-electron chi connectivity index (χ0n) is 11.9. The molecule has 0 bridgehead atoms. The number of nitrogens with zero attached hydrogens (tertiary/aromatic N) is 1. The van der Waals surface area contributed by atoms with Gasteiger partial charge in [0, 0.05) is 12.0 Å². The monoisotopic (exact) mass is 296 g/mol. The molecule has 0 aliphatic carbocycles. The number of aryl methyl sites for hydroxylation is 1. The average Bonchev–Trinajstić information content (AvgIpc) is 2.54. The Balaban J connectivity index is 1.87. The average molecular weight is 296 g/mol. The van der Waals surface area contributed by atoms with Crippen LogP contribution in [0.4, 0.5) is 0 Å². The molecular weight excluding hydrogens is 280 g/mol. The fourth-order valence-corrected chi connectivity index (χ4v) is 1.94. The lowest BCUT2D eigenvalue weighted by molar-refractivity contribution is -0.121. The first-order valence-electron chi connectivity index (χ1n) is 6.85. The predicted octanol–water partition coefficient (Wildman–Crippen LogP) is 2.47. The van der Waals surface area contributed by atoms with Gasteiger partial charge < -0.3 is 5.11 Å². The molecule has 0 unspecified atom stereocenters. The number of carboxylic acids is 1. The van der Waals surface area contributed by atoms with Crippen LogP contribution in [-0.2, 0) is 11.2 Å². The molecular formula is C17H16N2O3. The van der Waals surface area contributed by atoms with Gasteiger partial charge in [0.25, 0.3) is 0 Å². The Morgan fingerprint density at radius 1 is 1.05 bits per heavy atom. The molecule has 5 heteroatoms.